The Hall–Kier alpha value is -1.81. The van der Waals surface area contributed by atoms with E-state index in [9.17, 15) is 0 Å². The van der Waals surface area contributed by atoms with E-state index in [0.717, 1.165) is 13.1 Å². The predicted octanol–water partition coefficient (Wildman–Crippen LogP) is 1.40. The summed E-state index contributed by atoms with van der Waals surface area (Å²) < 4.78 is 1.45. The second-order valence-electron chi connectivity index (χ2n) is 2.43. The van der Waals surface area contributed by atoms with Crippen LogP contribution in [0.1, 0.15) is 0 Å². The molecule has 0 amide bonds. The van der Waals surface area contributed by atoms with Crippen molar-refractivity contribution in [1.29, 1.82) is 0 Å². The quantitative estimate of drug-likeness (QED) is 0.435. The van der Waals surface area contributed by atoms with Crippen LogP contribution in [0.4, 0.5) is 0 Å². The smallest absolute Gasteiger partial charge is 0.132 e. The lowest BCUT2D eigenvalue weighted by Gasteiger charge is -1.93. The molecule has 0 aliphatic heterocycles. The molecule has 4 nitrogen and oxygen atoms in total. The molecule has 0 atom stereocenters. The van der Waals surface area contributed by atoms with Crippen LogP contribution in [0, 0.1) is 0 Å². The van der Waals surface area contributed by atoms with Gasteiger partial charge in [-0.15, -0.1) is 13.2 Å². The fourth-order valence-corrected chi connectivity index (χ4v) is 0.683. The van der Waals surface area contributed by atoms with Gasteiger partial charge in [0.05, 0.1) is 6.20 Å². The zero-order valence-electron chi connectivity index (χ0n) is 8.80. The molecule has 0 saturated heterocycles. The Balaban J connectivity index is 0.000000265. The lowest BCUT2D eigenvalue weighted by Crippen LogP contribution is -2.11. The van der Waals surface area contributed by atoms with Crippen LogP contribution in [0.15, 0.2) is 56.9 Å². The van der Waals surface area contributed by atoms with Gasteiger partial charge in [-0.05, 0) is 0 Å². The average molecular weight is 207 g/mol. The van der Waals surface area contributed by atoms with E-state index in [0.29, 0.717) is 0 Å². The van der Waals surface area contributed by atoms with Crippen molar-refractivity contribution in [2.45, 2.75) is 0 Å². The van der Waals surface area contributed by atoms with Gasteiger partial charge in [0.2, 0.25) is 0 Å². The monoisotopic (exact) mass is 207 g/mol. The minimum absolute atomic E-state index is 0.867. The number of hydrogen-bond acceptors (Lipinski definition) is 3. The molecule has 0 aromatic carbocycles. The normalized spacial score (nSPS) is 8.27. The highest BCUT2D eigenvalue weighted by molar-refractivity contribution is 4.75. The largest absolute Gasteiger partial charge is 0.383 e. The van der Waals surface area contributed by atoms with Crippen molar-refractivity contribution in [2.24, 2.45) is 0 Å². The Morgan fingerprint density at radius 3 is 2.33 bits per heavy atom. The van der Waals surface area contributed by atoms with E-state index in [1.54, 1.807) is 18.7 Å². The third-order valence-electron chi connectivity index (χ3n) is 1.25. The summed E-state index contributed by atoms with van der Waals surface area (Å²) in [6, 6.07) is 0. The van der Waals surface area contributed by atoms with Gasteiger partial charge in [0.25, 0.3) is 0 Å². The Morgan fingerprint density at radius 2 is 1.93 bits per heavy atom. The molecule has 1 aromatic heterocycles. The standard InChI is InChI=1S/C6H11N.C5H6N2O/c1-3-5-7-6-4-2;1-2-8-7-4-3-6-5-7/h3-4,7H,1-2,5-6H2;2-5H,1H2. The molecule has 0 radical (unpaired) electrons. The summed E-state index contributed by atoms with van der Waals surface area (Å²) in [4.78, 5) is 8.49. The van der Waals surface area contributed by atoms with Crippen LogP contribution in [0.25, 0.3) is 0 Å². The van der Waals surface area contributed by atoms with Crippen LogP contribution < -0.4 is 10.2 Å². The first-order chi connectivity index (χ1) is 7.35. The van der Waals surface area contributed by atoms with Gasteiger partial charge in [-0.25, -0.2) is 4.98 Å². The number of rotatable bonds is 6. The molecule has 1 rings (SSSR count). The molecule has 1 aromatic rings. The predicted molar refractivity (Wildman–Crippen MR) is 62.3 cm³/mol. The lowest BCUT2D eigenvalue weighted by atomic mass is 10.5. The Kier molecular flexibility index (Phi) is 9.03. The number of nitrogens with one attached hydrogen (secondary N) is 1. The minimum atomic E-state index is 0.867. The summed E-state index contributed by atoms with van der Waals surface area (Å²) >= 11 is 0. The van der Waals surface area contributed by atoms with Gasteiger partial charge in [-0.2, -0.15) is 4.73 Å². The van der Waals surface area contributed by atoms with Crippen LogP contribution in [-0.2, 0) is 0 Å². The molecule has 1 heterocycles. The van der Waals surface area contributed by atoms with Crippen molar-refractivity contribution in [2.75, 3.05) is 13.1 Å². The second kappa shape index (κ2) is 10.3. The van der Waals surface area contributed by atoms with Crippen LogP contribution in [-0.4, -0.2) is 22.8 Å². The molecular weight excluding hydrogens is 190 g/mol. The fraction of sp³-hybridized carbons (Fsp3) is 0.182. The second-order valence-corrected chi connectivity index (χ2v) is 2.43. The van der Waals surface area contributed by atoms with Gasteiger partial charge in [-0.1, -0.05) is 18.7 Å². The first-order valence-electron chi connectivity index (χ1n) is 4.53. The van der Waals surface area contributed by atoms with Crippen molar-refractivity contribution in [1.82, 2.24) is 15.0 Å². The molecule has 0 saturated carbocycles. The maximum absolute atomic E-state index is 4.76. The third kappa shape index (κ3) is 8.52. The molecule has 0 spiro atoms. The van der Waals surface area contributed by atoms with Crippen molar-refractivity contribution < 1.29 is 4.84 Å². The summed E-state index contributed by atoms with van der Waals surface area (Å²) in [7, 11) is 0. The molecule has 15 heavy (non-hydrogen) atoms. The van der Waals surface area contributed by atoms with Crippen LogP contribution >= 0.6 is 0 Å². The third-order valence-corrected chi connectivity index (χ3v) is 1.25. The topological polar surface area (TPSA) is 39.1 Å². The molecule has 0 aliphatic carbocycles. The molecule has 4 heteroatoms. The molecular formula is C11H17N3O. The van der Waals surface area contributed by atoms with Crippen molar-refractivity contribution in [3.05, 3.63) is 56.9 Å². The maximum atomic E-state index is 4.76. The maximum Gasteiger partial charge on any atom is 0.132 e. The molecule has 0 aliphatic rings. The van der Waals surface area contributed by atoms with Crippen LogP contribution in [0.3, 0.4) is 0 Å². The van der Waals surface area contributed by atoms with E-state index in [1.807, 2.05) is 12.2 Å². The van der Waals surface area contributed by atoms with Gasteiger partial charge in [0.1, 0.15) is 12.6 Å². The number of hydrogen-bond donors (Lipinski definition) is 1. The van der Waals surface area contributed by atoms with E-state index in [-0.39, 0.29) is 0 Å². The minimum Gasteiger partial charge on any atom is -0.383 e. The summed E-state index contributed by atoms with van der Waals surface area (Å²) in [5.41, 5.74) is 0. The highest BCUT2D eigenvalue weighted by Crippen LogP contribution is 1.78. The van der Waals surface area contributed by atoms with Gasteiger partial charge in [-0.3, -0.25) is 0 Å². The SMILES string of the molecule is C=CCNCC=C.C=COn1ccnc1. The number of nitrogens with zero attached hydrogens (tertiary/aromatic N) is 2. The van der Waals surface area contributed by atoms with Gasteiger partial charge >= 0.3 is 0 Å². The Labute approximate surface area is 90.5 Å². The first-order valence-corrected chi connectivity index (χ1v) is 4.53. The zero-order chi connectivity index (χ0) is 11.4. The Morgan fingerprint density at radius 1 is 1.27 bits per heavy atom. The molecule has 82 valence electrons. The van der Waals surface area contributed by atoms with Gasteiger partial charge in [0, 0.05) is 19.3 Å². The zero-order valence-corrected chi connectivity index (χ0v) is 8.80. The highest BCUT2D eigenvalue weighted by atomic mass is 16.6. The lowest BCUT2D eigenvalue weighted by molar-refractivity contribution is 0.213. The van der Waals surface area contributed by atoms with Gasteiger partial charge < -0.3 is 10.2 Å². The first kappa shape index (κ1) is 13.2. The van der Waals surface area contributed by atoms with E-state index < -0.39 is 0 Å². The average Bonchev–Trinajstić information content (AvgIpc) is 2.73. The molecule has 1 N–H and O–H groups in total. The molecule has 0 bridgehead atoms. The summed E-state index contributed by atoms with van der Waals surface area (Å²) in [5.74, 6) is 0. The summed E-state index contributed by atoms with van der Waals surface area (Å²) in [6.07, 6.45) is 9.83. The van der Waals surface area contributed by atoms with E-state index >= 15 is 0 Å². The summed E-state index contributed by atoms with van der Waals surface area (Å²) in [5, 5.41) is 3.05. The van der Waals surface area contributed by atoms with Crippen LogP contribution in [0.5, 0.6) is 0 Å². The van der Waals surface area contributed by atoms with Crippen LogP contribution in [0.2, 0.25) is 0 Å². The fourth-order valence-electron chi connectivity index (χ4n) is 0.683. The van der Waals surface area contributed by atoms with E-state index in [2.05, 4.69) is 30.0 Å². The summed E-state index contributed by atoms with van der Waals surface area (Å²) in [6.45, 7) is 12.2. The van der Waals surface area contributed by atoms with E-state index in [4.69, 9.17) is 4.84 Å². The van der Waals surface area contributed by atoms with Crippen molar-refractivity contribution >= 4 is 0 Å². The molecule has 0 unspecified atom stereocenters. The highest BCUT2D eigenvalue weighted by Gasteiger charge is 1.79. The van der Waals surface area contributed by atoms with Crippen molar-refractivity contribution in [3.8, 4) is 0 Å². The Bertz CT molecular complexity index is 259. The van der Waals surface area contributed by atoms with Crippen molar-refractivity contribution in [3.63, 3.8) is 0 Å². The molecule has 0 fully saturated rings. The number of imidazole rings is 1. The van der Waals surface area contributed by atoms with Gasteiger partial charge in [0.15, 0.2) is 0 Å². The number of aromatic nitrogens is 2. The van der Waals surface area contributed by atoms with E-state index in [1.165, 1.54) is 11.0 Å².